The number of hydrogen-bond donors (Lipinski definition) is 1. The van der Waals surface area contributed by atoms with Gasteiger partial charge in [-0.1, -0.05) is 6.07 Å². The highest BCUT2D eigenvalue weighted by atomic mass is 16.5. The molecule has 1 rings (SSSR count). The number of aliphatic hydroxyl groups is 1. The highest BCUT2D eigenvalue weighted by molar-refractivity contribution is 5.40. The predicted molar refractivity (Wildman–Crippen MR) is 83.0 cm³/mol. The van der Waals surface area contributed by atoms with Gasteiger partial charge in [0.1, 0.15) is 11.5 Å². The van der Waals surface area contributed by atoms with E-state index in [1.54, 1.807) is 14.2 Å². The second-order valence-electron chi connectivity index (χ2n) is 5.41. The van der Waals surface area contributed by atoms with Crippen LogP contribution in [0.1, 0.15) is 19.4 Å². The molecule has 0 unspecified atom stereocenters. The summed E-state index contributed by atoms with van der Waals surface area (Å²) in [4.78, 5) is 2.04. The van der Waals surface area contributed by atoms with Crippen molar-refractivity contribution >= 4 is 0 Å². The number of aliphatic hydroxyl groups excluding tert-OH is 1. The minimum absolute atomic E-state index is 0.131. The topological polar surface area (TPSA) is 51.2 Å². The Bertz CT molecular complexity index is 423. The first-order valence-corrected chi connectivity index (χ1v) is 7.15. The van der Waals surface area contributed by atoms with Gasteiger partial charge in [-0.15, -0.1) is 0 Å². The predicted octanol–water partition coefficient (Wildman–Crippen LogP) is 1.92. The molecule has 0 saturated carbocycles. The fraction of sp³-hybridized carbons (Fsp3) is 0.625. The van der Waals surface area contributed by atoms with E-state index in [0.29, 0.717) is 19.7 Å². The van der Waals surface area contributed by atoms with Gasteiger partial charge in [-0.2, -0.15) is 0 Å². The lowest BCUT2D eigenvalue weighted by atomic mass is 10.1. The number of benzene rings is 1. The third-order valence-electron chi connectivity index (χ3n) is 3.08. The van der Waals surface area contributed by atoms with Crippen LogP contribution in [0, 0.1) is 0 Å². The van der Waals surface area contributed by atoms with Gasteiger partial charge in [-0.05, 0) is 27.0 Å². The largest absolute Gasteiger partial charge is 0.497 e. The second kappa shape index (κ2) is 8.87. The van der Waals surface area contributed by atoms with E-state index in [1.807, 2.05) is 44.0 Å². The molecule has 0 heterocycles. The van der Waals surface area contributed by atoms with E-state index in [2.05, 4.69) is 0 Å². The highest BCUT2D eigenvalue weighted by Gasteiger charge is 2.12. The number of methoxy groups -OCH3 is 2. The van der Waals surface area contributed by atoms with Crippen molar-refractivity contribution in [3.8, 4) is 11.5 Å². The number of rotatable bonds is 9. The Morgan fingerprint density at radius 3 is 2.48 bits per heavy atom. The molecule has 21 heavy (non-hydrogen) atoms. The van der Waals surface area contributed by atoms with Crippen molar-refractivity contribution in [2.45, 2.75) is 32.6 Å². The molecule has 0 amide bonds. The SMILES string of the molecule is COc1ccc(CN(C)C[C@@H](O)COC(C)C)c(OC)c1. The lowest BCUT2D eigenvalue weighted by Crippen LogP contribution is -2.32. The molecule has 1 atom stereocenters. The zero-order chi connectivity index (χ0) is 15.8. The van der Waals surface area contributed by atoms with E-state index in [9.17, 15) is 5.11 Å². The third kappa shape index (κ3) is 6.33. The van der Waals surface area contributed by atoms with E-state index < -0.39 is 6.10 Å². The van der Waals surface area contributed by atoms with E-state index in [4.69, 9.17) is 14.2 Å². The monoisotopic (exact) mass is 297 g/mol. The van der Waals surface area contributed by atoms with Crippen molar-refractivity contribution in [1.29, 1.82) is 0 Å². The van der Waals surface area contributed by atoms with Crippen molar-refractivity contribution < 1.29 is 19.3 Å². The fourth-order valence-electron chi connectivity index (χ4n) is 2.05. The first kappa shape index (κ1) is 17.8. The van der Waals surface area contributed by atoms with Crippen molar-refractivity contribution in [1.82, 2.24) is 4.90 Å². The molecule has 1 aromatic carbocycles. The summed E-state index contributed by atoms with van der Waals surface area (Å²) < 4.78 is 16.0. The minimum atomic E-state index is -0.498. The number of hydrogen-bond acceptors (Lipinski definition) is 5. The van der Waals surface area contributed by atoms with Crippen molar-refractivity contribution in [3.63, 3.8) is 0 Å². The highest BCUT2D eigenvalue weighted by Crippen LogP contribution is 2.25. The summed E-state index contributed by atoms with van der Waals surface area (Å²) in [5.74, 6) is 1.55. The Morgan fingerprint density at radius 2 is 1.90 bits per heavy atom. The van der Waals surface area contributed by atoms with Crippen LogP contribution in [0.2, 0.25) is 0 Å². The molecule has 0 aromatic heterocycles. The molecule has 5 heteroatoms. The van der Waals surface area contributed by atoms with Gasteiger partial charge in [-0.25, -0.2) is 0 Å². The summed E-state index contributed by atoms with van der Waals surface area (Å²) in [6.45, 7) is 5.49. The Hall–Kier alpha value is -1.30. The van der Waals surface area contributed by atoms with E-state index >= 15 is 0 Å². The molecule has 0 aliphatic carbocycles. The van der Waals surface area contributed by atoms with Crippen molar-refractivity contribution in [2.24, 2.45) is 0 Å². The molecular weight excluding hydrogens is 270 g/mol. The van der Waals surface area contributed by atoms with Gasteiger partial charge in [0.15, 0.2) is 0 Å². The summed E-state index contributed by atoms with van der Waals surface area (Å²) in [6, 6.07) is 5.75. The minimum Gasteiger partial charge on any atom is -0.497 e. The normalized spacial score (nSPS) is 12.8. The van der Waals surface area contributed by atoms with Gasteiger partial charge >= 0.3 is 0 Å². The van der Waals surface area contributed by atoms with Crippen LogP contribution in [-0.4, -0.2) is 56.6 Å². The maximum atomic E-state index is 9.94. The van der Waals surface area contributed by atoms with Crippen LogP contribution < -0.4 is 9.47 Å². The molecule has 1 N–H and O–H groups in total. The molecule has 0 aliphatic rings. The number of nitrogens with zero attached hydrogens (tertiary/aromatic N) is 1. The van der Waals surface area contributed by atoms with Gasteiger partial charge in [0.2, 0.25) is 0 Å². The van der Waals surface area contributed by atoms with Crippen LogP contribution in [0.3, 0.4) is 0 Å². The molecule has 0 radical (unpaired) electrons. The van der Waals surface area contributed by atoms with E-state index in [1.165, 1.54) is 0 Å². The molecule has 120 valence electrons. The van der Waals surface area contributed by atoms with E-state index in [0.717, 1.165) is 17.1 Å². The lowest BCUT2D eigenvalue weighted by molar-refractivity contribution is -0.00640. The van der Waals surface area contributed by atoms with Crippen LogP contribution >= 0.6 is 0 Å². The van der Waals surface area contributed by atoms with Gasteiger partial charge in [0.05, 0.1) is 33.0 Å². The van der Waals surface area contributed by atoms with E-state index in [-0.39, 0.29) is 6.10 Å². The number of likely N-dealkylation sites (N-methyl/N-ethyl adjacent to an activating group) is 1. The Balaban J connectivity index is 2.55. The summed E-state index contributed by atoms with van der Waals surface area (Å²) in [6.07, 6.45) is -0.367. The maximum Gasteiger partial charge on any atom is 0.127 e. The standard InChI is InChI=1S/C16H27NO4/c1-12(2)21-11-14(18)10-17(3)9-13-6-7-15(19-4)8-16(13)20-5/h6-8,12,14,18H,9-11H2,1-5H3/t14-/m1/s1. The first-order chi connectivity index (χ1) is 9.96. The van der Waals surface area contributed by atoms with Gasteiger partial charge in [-0.3, -0.25) is 4.90 Å². The van der Waals surface area contributed by atoms with Crippen LogP contribution in [-0.2, 0) is 11.3 Å². The Morgan fingerprint density at radius 1 is 1.19 bits per heavy atom. The average Bonchev–Trinajstić information content (AvgIpc) is 2.45. The van der Waals surface area contributed by atoms with Crippen LogP contribution in [0.4, 0.5) is 0 Å². The summed E-state index contributed by atoms with van der Waals surface area (Å²) >= 11 is 0. The molecule has 0 saturated heterocycles. The molecule has 0 bridgehead atoms. The quantitative estimate of drug-likeness (QED) is 0.755. The van der Waals surface area contributed by atoms with Gasteiger partial charge in [0, 0.05) is 24.7 Å². The second-order valence-corrected chi connectivity index (χ2v) is 5.41. The fourth-order valence-corrected chi connectivity index (χ4v) is 2.05. The summed E-state index contributed by atoms with van der Waals surface area (Å²) in [5.41, 5.74) is 1.05. The van der Waals surface area contributed by atoms with Crippen molar-refractivity contribution in [2.75, 3.05) is 34.4 Å². The Kier molecular flexibility index (Phi) is 7.50. The van der Waals surface area contributed by atoms with Crippen molar-refractivity contribution in [3.05, 3.63) is 23.8 Å². The third-order valence-corrected chi connectivity index (χ3v) is 3.08. The lowest BCUT2D eigenvalue weighted by Gasteiger charge is -2.22. The zero-order valence-corrected chi connectivity index (χ0v) is 13.6. The molecule has 0 aliphatic heterocycles. The van der Waals surface area contributed by atoms with Gasteiger partial charge in [0.25, 0.3) is 0 Å². The molecule has 0 spiro atoms. The summed E-state index contributed by atoms with van der Waals surface area (Å²) in [5, 5.41) is 9.94. The molecule has 5 nitrogen and oxygen atoms in total. The Labute approximate surface area is 127 Å². The molecular formula is C16H27NO4. The smallest absolute Gasteiger partial charge is 0.127 e. The van der Waals surface area contributed by atoms with Crippen LogP contribution in [0.5, 0.6) is 11.5 Å². The number of ether oxygens (including phenoxy) is 3. The average molecular weight is 297 g/mol. The molecule has 0 fully saturated rings. The molecule has 1 aromatic rings. The zero-order valence-electron chi connectivity index (χ0n) is 13.6. The van der Waals surface area contributed by atoms with Crippen LogP contribution in [0.25, 0.3) is 0 Å². The maximum absolute atomic E-state index is 9.94. The van der Waals surface area contributed by atoms with Crippen LogP contribution in [0.15, 0.2) is 18.2 Å². The summed E-state index contributed by atoms with van der Waals surface area (Å²) in [7, 11) is 5.23. The first-order valence-electron chi connectivity index (χ1n) is 7.15. The van der Waals surface area contributed by atoms with Gasteiger partial charge < -0.3 is 19.3 Å².